The van der Waals surface area contributed by atoms with Gasteiger partial charge in [-0.25, -0.2) is 0 Å². The van der Waals surface area contributed by atoms with Gasteiger partial charge < -0.3 is 10.1 Å². The molecule has 1 aliphatic rings. The molecule has 2 unspecified atom stereocenters. The molecule has 1 heterocycles. The fourth-order valence-corrected chi connectivity index (χ4v) is 2.70. The summed E-state index contributed by atoms with van der Waals surface area (Å²) in [7, 11) is -0.723. The van der Waals surface area contributed by atoms with Gasteiger partial charge in [-0.3, -0.25) is 4.21 Å². The Morgan fingerprint density at radius 1 is 1.50 bits per heavy atom. The Labute approximate surface area is 111 Å². The summed E-state index contributed by atoms with van der Waals surface area (Å²) in [4.78, 5) is 0. The molecule has 0 spiro atoms. The molecule has 1 aliphatic heterocycles. The molecule has 0 aliphatic carbocycles. The molecule has 0 saturated heterocycles. The highest BCUT2D eigenvalue weighted by molar-refractivity contribution is 7.84. The molecule has 3 nitrogen and oxygen atoms in total. The van der Waals surface area contributed by atoms with Crippen molar-refractivity contribution in [3.05, 3.63) is 29.3 Å². The molecule has 18 heavy (non-hydrogen) atoms. The van der Waals surface area contributed by atoms with E-state index in [2.05, 4.69) is 30.4 Å². The van der Waals surface area contributed by atoms with Crippen molar-refractivity contribution in [3.63, 3.8) is 0 Å². The van der Waals surface area contributed by atoms with Crippen LogP contribution < -0.4 is 10.1 Å². The van der Waals surface area contributed by atoms with Crippen molar-refractivity contribution >= 4 is 10.8 Å². The molecule has 0 radical (unpaired) electrons. The van der Waals surface area contributed by atoms with E-state index in [-0.39, 0.29) is 0 Å². The van der Waals surface area contributed by atoms with Crippen LogP contribution in [0.5, 0.6) is 5.75 Å². The van der Waals surface area contributed by atoms with Gasteiger partial charge in [0.2, 0.25) is 0 Å². The van der Waals surface area contributed by atoms with Gasteiger partial charge in [0.1, 0.15) is 5.75 Å². The van der Waals surface area contributed by atoms with Gasteiger partial charge in [0.15, 0.2) is 0 Å². The number of benzene rings is 1. The maximum absolute atomic E-state index is 11.1. The quantitative estimate of drug-likeness (QED) is 0.857. The lowest BCUT2D eigenvalue weighted by atomic mass is 10.0. The minimum Gasteiger partial charge on any atom is -0.493 e. The van der Waals surface area contributed by atoms with Gasteiger partial charge in [-0.05, 0) is 23.6 Å². The molecule has 0 bridgehead atoms. The smallest absolute Gasteiger partial charge is 0.122 e. The van der Waals surface area contributed by atoms with Gasteiger partial charge in [-0.1, -0.05) is 19.1 Å². The molecule has 0 saturated carbocycles. The van der Waals surface area contributed by atoms with Crippen molar-refractivity contribution in [2.45, 2.75) is 25.8 Å². The van der Waals surface area contributed by atoms with Crippen molar-refractivity contribution in [2.24, 2.45) is 0 Å². The van der Waals surface area contributed by atoms with Crippen LogP contribution in [0, 0.1) is 0 Å². The number of ether oxygens (including phenoxy) is 1. The fourth-order valence-electron chi connectivity index (χ4n) is 2.30. The Morgan fingerprint density at radius 2 is 2.33 bits per heavy atom. The average Bonchev–Trinajstić information content (AvgIpc) is 2.81. The third kappa shape index (κ3) is 3.33. The number of hydrogen-bond acceptors (Lipinski definition) is 3. The summed E-state index contributed by atoms with van der Waals surface area (Å²) < 4.78 is 16.6. The topological polar surface area (TPSA) is 38.3 Å². The van der Waals surface area contributed by atoms with Gasteiger partial charge in [0.25, 0.3) is 0 Å². The SMILES string of the molecule is CCC(NCCS(C)=O)c1ccc2c(c1)CCO2. The number of rotatable bonds is 6. The summed E-state index contributed by atoms with van der Waals surface area (Å²) >= 11 is 0. The molecule has 4 heteroatoms. The summed E-state index contributed by atoms with van der Waals surface area (Å²) in [5, 5.41) is 3.47. The van der Waals surface area contributed by atoms with Crippen LogP contribution in [0.15, 0.2) is 18.2 Å². The van der Waals surface area contributed by atoms with E-state index in [9.17, 15) is 4.21 Å². The van der Waals surface area contributed by atoms with Crippen LogP contribution in [-0.2, 0) is 17.2 Å². The number of fused-ring (bicyclic) bond motifs is 1. The fraction of sp³-hybridized carbons (Fsp3) is 0.571. The van der Waals surface area contributed by atoms with E-state index < -0.39 is 10.8 Å². The highest BCUT2D eigenvalue weighted by Crippen LogP contribution is 2.28. The summed E-state index contributed by atoms with van der Waals surface area (Å²) in [5.74, 6) is 1.74. The van der Waals surface area contributed by atoms with E-state index in [4.69, 9.17) is 4.74 Å². The van der Waals surface area contributed by atoms with Gasteiger partial charge >= 0.3 is 0 Å². The van der Waals surface area contributed by atoms with E-state index in [0.717, 1.165) is 31.7 Å². The highest BCUT2D eigenvalue weighted by Gasteiger charge is 2.15. The van der Waals surface area contributed by atoms with Crippen molar-refractivity contribution in [1.82, 2.24) is 5.32 Å². The maximum Gasteiger partial charge on any atom is 0.122 e. The predicted molar refractivity (Wildman–Crippen MR) is 75.6 cm³/mol. The normalized spacial score (nSPS) is 17.0. The zero-order valence-corrected chi connectivity index (χ0v) is 11.9. The summed E-state index contributed by atoms with van der Waals surface area (Å²) in [6.45, 7) is 3.78. The van der Waals surface area contributed by atoms with Crippen LogP contribution in [0.1, 0.15) is 30.5 Å². The predicted octanol–water partition coefficient (Wildman–Crippen LogP) is 2.04. The Hall–Kier alpha value is -0.870. The second-order valence-corrected chi connectivity index (χ2v) is 6.21. The Bertz CT molecular complexity index is 434. The number of hydrogen-bond donors (Lipinski definition) is 1. The monoisotopic (exact) mass is 267 g/mol. The van der Waals surface area contributed by atoms with Crippen LogP contribution in [-0.4, -0.2) is 29.4 Å². The maximum atomic E-state index is 11.1. The standard InChI is InChI=1S/C14H21NO2S/c1-3-13(15-7-9-18(2)16)11-4-5-14-12(10-11)6-8-17-14/h4-5,10,13,15H,3,6-9H2,1-2H3. The van der Waals surface area contributed by atoms with Crippen LogP contribution in [0.2, 0.25) is 0 Å². The molecule has 1 aromatic rings. The molecule has 0 amide bonds. The Kier molecular flexibility index (Phi) is 4.78. The first kappa shape index (κ1) is 13.6. The molecule has 100 valence electrons. The van der Waals surface area contributed by atoms with Crippen LogP contribution >= 0.6 is 0 Å². The molecule has 1 N–H and O–H groups in total. The highest BCUT2D eigenvalue weighted by atomic mass is 32.2. The molecular weight excluding hydrogens is 246 g/mol. The molecule has 2 atom stereocenters. The van der Waals surface area contributed by atoms with E-state index in [1.165, 1.54) is 11.1 Å². The third-order valence-electron chi connectivity index (χ3n) is 3.30. The van der Waals surface area contributed by atoms with Crippen LogP contribution in [0.3, 0.4) is 0 Å². The van der Waals surface area contributed by atoms with E-state index >= 15 is 0 Å². The zero-order valence-electron chi connectivity index (χ0n) is 11.1. The second-order valence-electron chi connectivity index (χ2n) is 4.66. The molecule has 0 fully saturated rings. The van der Waals surface area contributed by atoms with E-state index in [1.54, 1.807) is 6.26 Å². The summed E-state index contributed by atoms with van der Waals surface area (Å²) in [6.07, 6.45) is 3.80. The first-order chi connectivity index (χ1) is 8.70. The van der Waals surface area contributed by atoms with Crippen LogP contribution in [0.4, 0.5) is 0 Å². The largest absolute Gasteiger partial charge is 0.493 e. The van der Waals surface area contributed by atoms with Crippen molar-refractivity contribution in [2.75, 3.05) is 25.2 Å². The first-order valence-electron chi connectivity index (χ1n) is 6.49. The lowest BCUT2D eigenvalue weighted by molar-refractivity contribution is 0.356. The number of nitrogens with one attached hydrogen (secondary N) is 1. The van der Waals surface area contributed by atoms with Gasteiger partial charge in [-0.15, -0.1) is 0 Å². The third-order valence-corrected chi connectivity index (χ3v) is 4.08. The summed E-state index contributed by atoms with van der Waals surface area (Å²) in [6, 6.07) is 6.79. The van der Waals surface area contributed by atoms with Gasteiger partial charge in [-0.2, -0.15) is 0 Å². The van der Waals surface area contributed by atoms with E-state index in [0.29, 0.717) is 11.8 Å². The molecular formula is C14H21NO2S. The van der Waals surface area contributed by atoms with Gasteiger partial charge in [0, 0.05) is 41.8 Å². The summed E-state index contributed by atoms with van der Waals surface area (Å²) in [5.41, 5.74) is 2.62. The molecule has 0 aromatic heterocycles. The minimum absolute atomic E-state index is 0.347. The molecule has 2 rings (SSSR count). The van der Waals surface area contributed by atoms with Crippen LogP contribution in [0.25, 0.3) is 0 Å². The van der Waals surface area contributed by atoms with E-state index in [1.807, 2.05) is 0 Å². The van der Waals surface area contributed by atoms with Crippen molar-refractivity contribution in [1.29, 1.82) is 0 Å². The lowest BCUT2D eigenvalue weighted by Gasteiger charge is -2.17. The Morgan fingerprint density at radius 3 is 3.06 bits per heavy atom. The van der Waals surface area contributed by atoms with Gasteiger partial charge in [0.05, 0.1) is 6.61 Å². The lowest BCUT2D eigenvalue weighted by Crippen LogP contribution is -2.25. The zero-order chi connectivity index (χ0) is 13.0. The van der Waals surface area contributed by atoms with Crippen molar-refractivity contribution in [3.8, 4) is 5.75 Å². The Balaban J connectivity index is 2.01. The first-order valence-corrected chi connectivity index (χ1v) is 8.22. The van der Waals surface area contributed by atoms with Crippen molar-refractivity contribution < 1.29 is 8.95 Å². The minimum atomic E-state index is -0.723. The molecule has 1 aromatic carbocycles. The average molecular weight is 267 g/mol. The second kappa shape index (κ2) is 6.34.